The molecule has 0 saturated heterocycles. The number of nitro groups is 1. The molecule has 11 nitrogen and oxygen atoms in total. The Balaban J connectivity index is 1.40. The van der Waals surface area contributed by atoms with E-state index in [1.807, 2.05) is 13.0 Å². The monoisotopic (exact) mass is 614 g/mol. The maximum Gasteiger partial charge on any atom is 0.361 e. The number of nitro benzene ring substituents is 1. The van der Waals surface area contributed by atoms with Crippen LogP contribution < -0.4 is 20.9 Å². The minimum Gasteiger partial charge on any atom is -0.480 e. The Kier molecular flexibility index (Phi) is 9.80. The largest absolute Gasteiger partial charge is 0.480 e. The second-order valence-electron chi connectivity index (χ2n) is 12.4. The normalized spacial score (nSPS) is 12.4. The van der Waals surface area contributed by atoms with E-state index in [9.17, 15) is 19.7 Å². The predicted molar refractivity (Wildman–Crippen MR) is 177 cm³/mol. The lowest BCUT2D eigenvalue weighted by atomic mass is 9.76. The Morgan fingerprint density at radius 3 is 2.22 bits per heavy atom. The molecule has 1 heterocycles. The molecule has 0 saturated carbocycles. The van der Waals surface area contributed by atoms with Gasteiger partial charge in [0.15, 0.2) is 6.10 Å². The number of benzene rings is 3. The van der Waals surface area contributed by atoms with E-state index in [1.165, 1.54) is 30.0 Å². The van der Waals surface area contributed by atoms with Gasteiger partial charge in [0.05, 0.1) is 22.3 Å². The summed E-state index contributed by atoms with van der Waals surface area (Å²) in [7, 11) is 0. The van der Waals surface area contributed by atoms with Crippen molar-refractivity contribution in [3.05, 3.63) is 88.1 Å². The zero-order chi connectivity index (χ0) is 32.9. The van der Waals surface area contributed by atoms with Crippen LogP contribution in [-0.4, -0.2) is 32.7 Å². The highest BCUT2D eigenvalue weighted by Crippen LogP contribution is 2.39. The average Bonchev–Trinajstić information content (AvgIpc) is 3.46. The fourth-order valence-corrected chi connectivity index (χ4v) is 4.79. The topological polar surface area (TPSA) is 140 Å². The van der Waals surface area contributed by atoms with Crippen molar-refractivity contribution in [1.82, 2.24) is 15.2 Å². The molecule has 1 unspecified atom stereocenters. The van der Waals surface area contributed by atoms with Crippen LogP contribution in [0.1, 0.15) is 78.9 Å². The molecule has 2 amide bonds. The van der Waals surface area contributed by atoms with Crippen LogP contribution >= 0.6 is 0 Å². The summed E-state index contributed by atoms with van der Waals surface area (Å²) in [5.41, 5.74) is 9.10. The van der Waals surface area contributed by atoms with Crippen molar-refractivity contribution in [2.24, 2.45) is 0 Å². The van der Waals surface area contributed by atoms with E-state index in [2.05, 4.69) is 74.9 Å². The number of hydrogen-bond donors (Lipinski definition) is 3. The summed E-state index contributed by atoms with van der Waals surface area (Å²) < 4.78 is 7.49. The molecule has 0 aliphatic carbocycles. The highest BCUT2D eigenvalue weighted by atomic mass is 16.6. The summed E-state index contributed by atoms with van der Waals surface area (Å²) in [4.78, 5) is 36.5. The van der Waals surface area contributed by atoms with Gasteiger partial charge in [0.1, 0.15) is 5.75 Å². The molecule has 0 radical (unpaired) electrons. The zero-order valence-electron chi connectivity index (χ0n) is 26.9. The molecule has 0 bridgehead atoms. The van der Waals surface area contributed by atoms with Gasteiger partial charge in [0, 0.05) is 28.8 Å². The number of ether oxygens (including phenoxy) is 1. The van der Waals surface area contributed by atoms with Crippen LogP contribution in [0.5, 0.6) is 5.75 Å². The number of fused-ring (bicyclic) bond motifs is 1. The minimum atomic E-state index is -0.691. The lowest BCUT2D eigenvalue weighted by molar-refractivity contribution is -0.384. The summed E-state index contributed by atoms with van der Waals surface area (Å²) in [6, 6.07) is 16.8. The van der Waals surface area contributed by atoms with Gasteiger partial charge < -0.3 is 10.1 Å². The summed E-state index contributed by atoms with van der Waals surface area (Å²) in [6.45, 7) is 15.1. The van der Waals surface area contributed by atoms with Gasteiger partial charge in [0.2, 0.25) is 0 Å². The molecule has 45 heavy (non-hydrogen) atoms. The first-order valence-corrected chi connectivity index (χ1v) is 15.2. The third kappa shape index (κ3) is 7.42. The smallest absolute Gasteiger partial charge is 0.361 e. The second-order valence-corrected chi connectivity index (χ2v) is 12.4. The van der Waals surface area contributed by atoms with Crippen LogP contribution in [0, 0.1) is 10.1 Å². The molecule has 1 atom stereocenters. The number of aromatic nitrogens is 2. The van der Waals surface area contributed by atoms with Gasteiger partial charge in [-0.25, -0.2) is 10.2 Å². The van der Waals surface area contributed by atoms with Crippen molar-refractivity contribution in [2.75, 3.05) is 10.7 Å². The van der Waals surface area contributed by atoms with Gasteiger partial charge in [-0.15, -0.1) is 0 Å². The fourth-order valence-electron chi connectivity index (χ4n) is 4.79. The quantitative estimate of drug-likeness (QED) is 0.110. The van der Waals surface area contributed by atoms with E-state index in [0.29, 0.717) is 28.7 Å². The van der Waals surface area contributed by atoms with E-state index in [-0.39, 0.29) is 22.4 Å². The number of anilines is 2. The van der Waals surface area contributed by atoms with E-state index >= 15 is 0 Å². The number of hydrogen-bond acceptors (Lipinski definition) is 7. The molecule has 4 rings (SSSR count). The minimum absolute atomic E-state index is 0.0291. The molecule has 3 N–H and O–H groups in total. The number of non-ortho nitro benzene ring substituents is 1. The Bertz CT molecular complexity index is 1690. The van der Waals surface area contributed by atoms with E-state index < -0.39 is 17.1 Å². The Morgan fingerprint density at radius 1 is 0.933 bits per heavy atom. The van der Waals surface area contributed by atoms with Crippen LogP contribution in [0.25, 0.3) is 10.9 Å². The highest BCUT2D eigenvalue weighted by molar-refractivity contribution is 5.94. The van der Waals surface area contributed by atoms with Crippen molar-refractivity contribution in [3.63, 3.8) is 0 Å². The maximum absolute atomic E-state index is 13.3. The van der Waals surface area contributed by atoms with E-state index in [4.69, 9.17) is 4.74 Å². The van der Waals surface area contributed by atoms with Crippen LogP contribution in [0.4, 0.5) is 21.9 Å². The first-order valence-electron chi connectivity index (χ1n) is 15.2. The lowest BCUT2D eigenvalue weighted by Crippen LogP contribution is -2.34. The maximum atomic E-state index is 13.3. The molecule has 0 fully saturated rings. The van der Waals surface area contributed by atoms with Crippen LogP contribution in [0.2, 0.25) is 0 Å². The van der Waals surface area contributed by atoms with Gasteiger partial charge in [-0.3, -0.25) is 20.3 Å². The molecule has 0 aliphatic heterocycles. The second kappa shape index (κ2) is 13.4. The van der Waals surface area contributed by atoms with Gasteiger partial charge in [-0.2, -0.15) is 9.78 Å². The lowest BCUT2D eigenvalue weighted by Gasteiger charge is -2.31. The summed E-state index contributed by atoms with van der Waals surface area (Å²) in [5, 5.41) is 18.5. The molecule has 0 spiro atoms. The fraction of sp³-hybridized carbons (Fsp3) is 0.382. The van der Waals surface area contributed by atoms with E-state index in [0.717, 1.165) is 28.8 Å². The Hall–Kier alpha value is -4.93. The summed E-state index contributed by atoms with van der Waals surface area (Å²) in [5.74, 6) is 0.466. The number of nitrogens with zero attached hydrogens (tertiary/aromatic N) is 3. The first-order chi connectivity index (χ1) is 21.3. The SMILES string of the molecule is CCC(Oc1ccc(C(C)(C)CC)cc1C(C)(C)CC)C(=O)Nc1ccc(NNC(=O)n2ncc3cc([N+](=O)[O-])ccc32)cc1. The summed E-state index contributed by atoms with van der Waals surface area (Å²) >= 11 is 0. The van der Waals surface area contributed by atoms with Gasteiger partial charge in [-0.1, -0.05) is 60.6 Å². The molecule has 1 aromatic heterocycles. The number of nitrogens with one attached hydrogen (secondary N) is 3. The number of amides is 2. The molecule has 238 valence electrons. The Morgan fingerprint density at radius 2 is 1.60 bits per heavy atom. The van der Waals surface area contributed by atoms with Crippen LogP contribution in [-0.2, 0) is 15.6 Å². The molecule has 3 aromatic carbocycles. The van der Waals surface area contributed by atoms with Crippen molar-refractivity contribution in [1.29, 1.82) is 0 Å². The van der Waals surface area contributed by atoms with Crippen molar-refractivity contribution in [3.8, 4) is 5.75 Å². The van der Waals surface area contributed by atoms with Crippen molar-refractivity contribution in [2.45, 2.75) is 84.7 Å². The predicted octanol–water partition coefficient (Wildman–Crippen LogP) is 7.70. The molecule has 11 heteroatoms. The van der Waals surface area contributed by atoms with E-state index in [1.54, 1.807) is 24.3 Å². The standard InChI is InChI=1S/C34H42N6O5/c1-8-29(45-30-18-11-23(33(4,5)9-2)20-27(30)34(6,7)10-3)31(41)36-24-12-14-25(15-13-24)37-38-32(42)39-28-17-16-26(40(43)44)19-22(28)21-35-39/h11-21,29,37H,8-10H2,1-7H3,(H,36,41)(H,38,42). The summed E-state index contributed by atoms with van der Waals surface area (Å²) in [6.07, 6.45) is 3.12. The van der Waals surface area contributed by atoms with Gasteiger partial charge >= 0.3 is 6.03 Å². The molecular weight excluding hydrogens is 572 g/mol. The number of rotatable bonds is 12. The number of carbonyl (C=O) groups is 2. The number of hydrazine groups is 1. The van der Waals surface area contributed by atoms with Crippen LogP contribution in [0.3, 0.4) is 0 Å². The van der Waals surface area contributed by atoms with Crippen molar-refractivity contribution >= 4 is 39.9 Å². The first kappa shape index (κ1) is 33.0. The zero-order valence-corrected chi connectivity index (χ0v) is 26.9. The van der Waals surface area contributed by atoms with Crippen molar-refractivity contribution < 1.29 is 19.2 Å². The third-order valence-corrected chi connectivity index (χ3v) is 8.61. The van der Waals surface area contributed by atoms with Crippen LogP contribution in [0.15, 0.2) is 66.9 Å². The van der Waals surface area contributed by atoms with Gasteiger partial charge in [0.25, 0.3) is 11.6 Å². The molecular formula is C34H42N6O5. The number of carbonyl (C=O) groups excluding carboxylic acids is 2. The highest BCUT2D eigenvalue weighted by Gasteiger charge is 2.29. The third-order valence-electron chi connectivity index (χ3n) is 8.61. The van der Waals surface area contributed by atoms with Gasteiger partial charge in [-0.05, 0) is 72.1 Å². The average molecular weight is 615 g/mol. The molecule has 4 aromatic rings. The molecule has 0 aliphatic rings. The Labute approximate surface area is 263 Å².